The Kier molecular flexibility index (Phi) is 7.94. The highest BCUT2D eigenvalue weighted by Crippen LogP contribution is 2.43. The molecule has 0 aliphatic carbocycles. The second-order valence-corrected chi connectivity index (χ2v) is 16.7. The lowest BCUT2D eigenvalue weighted by Gasteiger charge is -2.11. The van der Waals surface area contributed by atoms with Crippen LogP contribution in [0.25, 0.3) is 127 Å². The summed E-state index contributed by atoms with van der Waals surface area (Å²) in [5.74, 6) is 2.45. The Bertz CT molecular complexity index is 3910. The number of fused-ring (bicyclic) bond motifs is 9. The molecule has 7 nitrogen and oxygen atoms in total. The number of rotatable bonds is 6. The fourth-order valence-electron chi connectivity index (χ4n) is 9.06. The van der Waals surface area contributed by atoms with Gasteiger partial charge in [-0.05, 0) is 60.7 Å². The van der Waals surface area contributed by atoms with Crippen LogP contribution in [0, 0.1) is 0 Å². The van der Waals surface area contributed by atoms with Gasteiger partial charge in [0.2, 0.25) is 0 Å². The first-order valence-electron chi connectivity index (χ1n) is 20.8. The van der Waals surface area contributed by atoms with Crippen LogP contribution in [0.1, 0.15) is 0 Å². The van der Waals surface area contributed by atoms with Crippen LogP contribution >= 0.6 is 11.3 Å². The van der Waals surface area contributed by atoms with E-state index < -0.39 is 0 Å². The summed E-state index contributed by atoms with van der Waals surface area (Å²) in [6.45, 7) is 0. The van der Waals surface area contributed by atoms with Gasteiger partial charge in [-0.3, -0.25) is 0 Å². The van der Waals surface area contributed by atoms with Crippen molar-refractivity contribution in [1.82, 2.24) is 29.5 Å². The summed E-state index contributed by atoms with van der Waals surface area (Å²) in [5, 5.41) is 5.35. The van der Waals surface area contributed by atoms with E-state index in [1.54, 1.807) is 11.3 Å². The number of furan rings is 1. The molecule has 0 saturated carbocycles. The maximum absolute atomic E-state index is 6.44. The van der Waals surface area contributed by atoms with Crippen LogP contribution < -0.4 is 0 Å². The maximum atomic E-state index is 6.44. The molecule has 0 N–H and O–H groups in total. The second kappa shape index (κ2) is 14.1. The van der Waals surface area contributed by atoms with E-state index in [2.05, 4.69) is 144 Å². The lowest BCUT2D eigenvalue weighted by molar-refractivity contribution is 0.667. The summed E-state index contributed by atoms with van der Waals surface area (Å²) in [6.07, 6.45) is 0. The Balaban J connectivity index is 1.03. The molecule has 8 heteroatoms. The topological polar surface area (TPSA) is 82.5 Å². The Hall–Kier alpha value is -8.33. The molecule has 0 aliphatic rings. The predicted molar refractivity (Wildman–Crippen MR) is 257 cm³/mol. The zero-order chi connectivity index (χ0) is 41.4. The van der Waals surface area contributed by atoms with Gasteiger partial charge in [0, 0.05) is 69.8 Å². The first-order valence-corrected chi connectivity index (χ1v) is 21.7. The fourth-order valence-corrected chi connectivity index (χ4v) is 10.2. The van der Waals surface area contributed by atoms with Crippen molar-refractivity contribution in [2.75, 3.05) is 0 Å². The molecule has 0 fully saturated rings. The van der Waals surface area contributed by atoms with Crippen molar-refractivity contribution in [2.45, 2.75) is 0 Å². The van der Waals surface area contributed by atoms with Crippen molar-refractivity contribution in [3.63, 3.8) is 0 Å². The van der Waals surface area contributed by atoms with Gasteiger partial charge in [0.1, 0.15) is 16.8 Å². The van der Waals surface area contributed by atoms with E-state index in [1.807, 2.05) is 54.6 Å². The van der Waals surface area contributed by atoms with E-state index in [-0.39, 0.29) is 0 Å². The molecule has 5 heterocycles. The number of hydrogen-bond donors (Lipinski definition) is 0. The molecule has 0 spiro atoms. The second-order valence-electron chi connectivity index (χ2n) is 15.6. The first-order chi connectivity index (χ1) is 31.2. The Morgan fingerprint density at radius 3 is 1.83 bits per heavy atom. The average molecular weight is 825 g/mol. The number of para-hydroxylation sites is 3. The quantitative estimate of drug-likeness (QED) is 0.166. The third-order valence-corrected chi connectivity index (χ3v) is 13.0. The van der Waals surface area contributed by atoms with E-state index in [0.29, 0.717) is 28.9 Å². The van der Waals surface area contributed by atoms with Crippen molar-refractivity contribution in [3.8, 4) is 62.5 Å². The molecule has 0 aliphatic heterocycles. The Morgan fingerprint density at radius 1 is 0.397 bits per heavy atom. The highest BCUT2D eigenvalue weighted by atomic mass is 32.1. The average Bonchev–Trinajstić information content (AvgIpc) is 4.04. The number of benzene rings is 8. The molecular weight excluding hydrogens is 793 g/mol. The third-order valence-electron chi connectivity index (χ3n) is 11.9. The molecule has 5 aromatic heterocycles. The van der Waals surface area contributed by atoms with Gasteiger partial charge >= 0.3 is 0 Å². The molecule has 0 amide bonds. The lowest BCUT2D eigenvalue weighted by atomic mass is 10.0. The third kappa shape index (κ3) is 5.69. The number of hydrogen-bond acceptors (Lipinski definition) is 7. The smallest absolute Gasteiger partial charge is 0.180 e. The van der Waals surface area contributed by atoms with Crippen LogP contribution in [0.2, 0.25) is 0 Å². The van der Waals surface area contributed by atoms with Crippen LogP contribution in [0.15, 0.2) is 199 Å². The Morgan fingerprint density at radius 2 is 1.02 bits per heavy atom. The summed E-state index contributed by atoms with van der Waals surface area (Å²) in [4.78, 5) is 26.3. The normalized spacial score (nSPS) is 11.8. The first kappa shape index (κ1) is 35.4. The number of aromatic nitrogens is 6. The lowest BCUT2D eigenvalue weighted by Crippen LogP contribution is -2.00. The SMILES string of the molecule is c1ccc(-c2nc(-c3ccc4sc5cccc(-c6nc(-c7ccccc7)c7oc8ccccc8c7n6)c5c4c3)nc(-c3cccc4c3c3ccccc3n4-c3ccccc3)n2)cc1. The maximum Gasteiger partial charge on any atom is 0.180 e. The summed E-state index contributed by atoms with van der Waals surface area (Å²) < 4.78 is 11.1. The zero-order valence-corrected chi connectivity index (χ0v) is 34.3. The zero-order valence-electron chi connectivity index (χ0n) is 33.5. The van der Waals surface area contributed by atoms with Gasteiger partial charge in [-0.1, -0.05) is 133 Å². The Labute approximate surface area is 364 Å². The van der Waals surface area contributed by atoms with Crippen molar-refractivity contribution in [2.24, 2.45) is 0 Å². The highest BCUT2D eigenvalue weighted by Gasteiger charge is 2.23. The van der Waals surface area contributed by atoms with E-state index in [9.17, 15) is 0 Å². The van der Waals surface area contributed by atoms with Crippen LogP contribution in [0.4, 0.5) is 0 Å². The molecule has 13 rings (SSSR count). The van der Waals surface area contributed by atoms with Crippen molar-refractivity contribution < 1.29 is 4.42 Å². The molecule has 63 heavy (non-hydrogen) atoms. The van der Waals surface area contributed by atoms with Crippen LogP contribution in [0.3, 0.4) is 0 Å². The molecule has 0 radical (unpaired) electrons. The molecule has 13 aromatic rings. The largest absolute Gasteiger partial charge is 0.452 e. The van der Waals surface area contributed by atoms with Gasteiger partial charge in [0.15, 0.2) is 28.9 Å². The van der Waals surface area contributed by atoms with E-state index in [1.165, 1.54) is 0 Å². The van der Waals surface area contributed by atoms with Crippen molar-refractivity contribution >= 4 is 75.4 Å². The predicted octanol–water partition coefficient (Wildman–Crippen LogP) is 14.4. The molecule has 8 aromatic carbocycles. The van der Waals surface area contributed by atoms with Gasteiger partial charge in [-0.25, -0.2) is 24.9 Å². The summed E-state index contributed by atoms with van der Waals surface area (Å²) in [6, 6.07) is 66.8. The van der Waals surface area contributed by atoms with Gasteiger partial charge in [-0.15, -0.1) is 11.3 Å². The van der Waals surface area contributed by atoms with E-state index >= 15 is 0 Å². The minimum atomic E-state index is 0.593. The molecule has 294 valence electrons. The van der Waals surface area contributed by atoms with Crippen molar-refractivity contribution in [1.29, 1.82) is 0 Å². The fraction of sp³-hybridized carbons (Fsp3) is 0. The van der Waals surface area contributed by atoms with E-state index in [4.69, 9.17) is 29.3 Å². The summed E-state index contributed by atoms with van der Waals surface area (Å²) in [5.41, 5.74) is 11.0. The standard InChI is InChI=1S/C55H32N6OS/c1-4-16-33(17-5-1)49-51-50(38-23-11-13-28-44(38)62-51)57-54(56-49)40-25-15-29-46-48(40)41-32-35(30-31-45(41)63-46)53-58-52(34-18-6-2-7-19-34)59-55(60-53)39-24-14-27-43-47(39)37-22-10-12-26-42(37)61(43)36-20-8-3-9-21-36/h1-32H. The van der Waals surface area contributed by atoms with E-state index in [0.717, 1.165) is 97.7 Å². The van der Waals surface area contributed by atoms with Gasteiger partial charge in [0.25, 0.3) is 0 Å². The summed E-state index contributed by atoms with van der Waals surface area (Å²) >= 11 is 1.76. The molecule has 0 bridgehead atoms. The van der Waals surface area contributed by atoms with Crippen LogP contribution in [-0.4, -0.2) is 29.5 Å². The van der Waals surface area contributed by atoms with Crippen LogP contribution in [0.5, 0.6) is 0 Å². The van der Waals surface area contributed by atoms with Gasteiger partial charge in [0.05, 0.1) is 11.0 Å². The monoisotopic (exact) mass is 824 g/mol. The van der Waals surface area contributed by atoms with Gasteiger partial charge in [-0.2, -0.15) is 0 Å². The van der Waals surface area contributed by atoms with Crippen LogP contribution in [-0.2, 0) is 0 Å². The molecule has 0 saturated heterocycles. The van der Waals surface area contributed by atoms with Gasteiger partial charge < -0.3 is 8.98 Å². The summed E-state index contributed by atoms with van der Waals surface area (Å²) in [7, 11) is 0. The molecular formula is C55H32N6OS. The van der Waals surface area contributed by atoms with Crippen molar-refractivity contribution in [3.05, 3.63) is 194 Å². The highest BCUT2D eigenvalue weighted by molar-refractivity contribution is 7.26. The molecule has 0 unspecified atom stereocenters. The minimum Gasteiger partial charge on any atom is -0.452 e. The number of thiophene rings is 1. The minimum absolute atomic E-state index is 0.593. The number of nitrogens with zero attached hydrogens (tertiary/aromatic N) is 6. The molecule has 0 atom stereocenters.